The second-order valence-corrected chi connectivity index (χ2v) is 11.7. The molecule has 0 atom stereocenters. The lowest BCUT2D eigenvalue weighted by molar-refractivity contribution is 0.645. The number of hydrogen-bond donors (Lipinski definition) is 0. The van der Waals surface area contributed by atoms with Crippen LogP contribution < -0.4 is 4.90 Å². The topological polar surface area (TPSA) is 3.24 Å². The van der Waals surface area contributed by atoms with Crippen LogP contribution in [0, 0.1) is 0 Å². The highest BCUT2D eigenvalue weighted by Gasteiger charge is 2.35. The molecule has 1 heteroatoms. The van der Waals surface area contributed by atoms with Crippen LogP contribution in [0.25, 0.3) is 54.9 Å². The Morgan fingerprint density at radius 1 is 0.479 bits per heavy atom. The maximum absolute atomic E-state index is 10.0. The number of anilines is 3. The van der Waals surface area contributed by atoms with E-state index in [0.29, 0.717) is 0 Å². The fourth-order valence-electron chi connectivity index (χ4n) is 6.22. The van der Waals surface area contributed by atoms with Gasteiger partial charge >= 0.3 is 0 Å². The van der Waals surface area contributed by atoms with Crippen LogP contribution in [-0.4, -0.2) is 0 Å². The molecule has 0 aromatic heterocycles. The predicted molar refractivity (Wildman–Crippen MR) is 205 cm³/mol. The average Bonchev–Trinajstić information content (AvgIpc) is 3.28. The maximum atomic E-state index is 10.0. The zero-order valence-electron chi connectivity index (χ0n) is 46.6. The molecule has 228 valence electrons. The molecule has 48 heavy (non-hydrogen) atoms. The number of nitrogens with zero attached hydrogens (tertiary/aromatic N) is 1. The van der Waals surface area contributed by atoms with E-state index in [-0.39, 0.29) is 102 Å². The lowest BCUT2D eigenvalue weighted by Gasteiger charge is -2.38. The fourth-order valence-corrected chi connectivity index (χ4v) is 6.22. The molecule has 1 nitrogen and oxygen atoms in total. The van der Waals surface area contributed by atoms with Crippen LogP contribution in [0.1, 0.15) is 53.8 Å². The Labute approximate surface area is 311 Å². The molecule has 1 aliphatic carbocycles. The van der Waals surface area contributed by atoms with E-state index >= 15 is 0 Å². The van der Waals surface area contributed by atoms with Crippen LogP contribution >= 0.6 is 0 Å². The zero-order chi connectivity index (χ0) is 50.5. The molecule has 0 amide bonds. The first kappa shape index (κ1) is 14.1. The van der Waals surface area contributed by atoms with Crippen LogP contribution in [-0.2, 0) is 5.41 Å². The lowest BCUT2D eigenvalue weighted by atomic mass is 9.67. The first-order chi connectivity index (χ1) is 32.3. The minimum Gasteiger partial charge on any atom is -0.310 e. The van der Waals surface area contributed by atoms with E-state index < -0.39 is 113 Å². The van der Waals surface area contributed by atoms with Crippen LogP contribution in [0.2, 0.25) is 0 Å². The Morgan fingerprint density at radius 2 is 1.31 bits per heavy atom. The van der Waals surface area contributed by atoms with Crippen molar-refractivity contribution >= 4 is 38.6 Å². The van der Waals surface area contributed by atoms with Crippen LogP contribution in [0.4, 0.5) is 17.1 Å². The number of hydrogen-bond acceptors (Lipinski definition) is 1. The van der Waals surface area contributed by atoms with Crippen molar-refractivity contribution in [3.8, 4) is 33.4 Å². The van der Waals surface area contributed by atoms with E-state index in [1.165, 1.54) is 30.3 Å². The Bertz CT molecular complexity index is 3680. The van der Waals surface area contributed by atoms with Crippen molar-refractivity contribution in [3.05, 3.63) is 187 Å². The third-order valence-corrected chi connectivity index (χ3v) is 8.53. The SMILES string of the molecule is [2H]c1cc([2H])c([2H])c(-c2cc([2H])c3c(c2[2H])-c2c(N(c4ccc(-c5c([2H])cc([2H])c([2H])c5[2H])c([2H])c4[2H])c4c([2H])c([2H])c5c([2H])c([2H])c([2H])cc5c4[2H])c([2H])c([2H])c4cc([2H])c([2H])c(c24)C3(C)C)c1. The van der Waals surface area contributed by atoms with Gasteiger partial charge in [-0.1, -0.05) is 153 Å². The molecular formula is C47H35N. The van der Waals surface area contributed by atoms with Crippen molar-refractivity contribution in [3.63, 3.8) is 0 Å². The highest BCUT2D eigenvalue weighted by atomic mass is 15.1. The summed E-state index contributed by atoms with van der Waals surface area (Å²) in [7, 11) is 0. The molecule has 0 fully saturated rings. The summed E-state index contributed by atoms with van der Waals surface area (Å²) in [5.41, 5.74) is -3.70. The molecule has 0 heterocycles. The molecule has 0 radical (unpaired) electrons. The summed E-state index contributed by atoms with van der Waals surface area (Å²) in [6.07, 6.45) is 0. The Morgan fingerprint density at radius 3 is 2.27 bits per heavy atom. The summed E-state index contributed by atoms with van der Waals surface area (Å²) in [6.45, 7) is 3.30. The summed E-state index contributed by atoms with van der Waals surface area (Å²) in [5, 5.41) is -0.639. The van der Waals surface area contributed by atoms with Gasteiger partial charge in [0, 0.05) is 22.4 Å². The standard InChI is InChI=1S/C47H35N/c1-47(2)42-28-23-38(33-14-7-4-8-15-33)31-41(42)46-44(29-24-36-18-11-19-43(47)45(36)46)48(40-27-22-34-16-9-10-17-37(34)30-40)39-25-20-35(21-26-39)32-12-5-3-6-13-32/h3-31H,1-2H3/i3D,5D,7D,8D,9D,10D,11D,12D,13D,14D,16D,19D,20D,22D,24D,25D,27D,28D,29D,30D,31D. The van der Waals surface area contributed by atoms with E-state index in [1.807, 2.05) is 0 Å². The molecule has 8 aromatic rings. The van der Waals surface area contributed by atoms with E-state index in [4.69, 9.17) is 15.1 Å². The smallest absolute Gasteiger partial charge is 0.0651 e. The summed E-state index contributed by atoms with van der Waals surface area (Å²) in [4.78, 5) is 0.984. The second kappa shape index (κ2) is 11.1. The molecule has 0 unspecified atom stereocenters. The largest absolute Gasteiger partial charge is 0.310 e. The highest BCUT2D eigenvalue weighted by Crippen LogP contribution is 2.54. The normalized spacial score (nSPS) is 19.1. The van der Waals surface area contributed by atoms with Crippen LogP contribution in [0.15, 0.2) is 175 Å². The first-order valence-electron chi connectivity index (χ1n) is 25.5. The van der Waals surface area contributed by atoms with Crippen molar-refractivity contribution in [1.29, 1.82) is 0 Å². The average molecular weight is 635 g/mol. The maximum Gasteiger partial charge on any atom is 0.0651 e. The summed E-state index contributed by atoms with van der Waals surface area (Å²) in [6, 6.07) is -1.54. The molecule has 0 saturated heterocycles. The minimum absolute atomic E-state index is 0.0251. The number of rotatable bonds is 5. The van der Waals surface area contributed by atoms with Gasteiger partial charge < -0.3 is 4.90 Å². The van der Waals surface area contributed by atoms with Gasteiger partial charge in [-0.3, -0.25) is 0 Å². The van der Waals surface area contributed by atoms with Gasteiger partial charge in [-0.05, 0) is 96.8 Å². The monoisotopic (exact) mass is 634 g/mol. The van der Waals surface area contributed by atoms with Crippen molar-refractivity contribution in [1.82, 2.24) is 0 Å². The minimum atomic E-state index is -1.43. The van der Waals surface area contributed by atoms with E-state index in [2.05, 4.69) is 0 Å². The molecule has 0 aliphatic heterocycles. The van der Waals surface area contributed by atoms with E-state index in [1.54, 1.807) is 13.8 Å². The van der Waals surface area contributed by atoms with E-state index in [9.17, 15) is 13.7 Å². The van der Waals surface area contributed by atoms with Crippen LogP contribution in [0.5, 0.6) is 0 Å². The summed E-state index contributed by atoms with van der Waals surface area (Å²) in [5.74, 6) is 0. The van der Waals surface area contributed by atoms with Crippen molar-refractivity contribution in [2.75, 3.05) is 4.90 Å². The Hall–Kier alpha value is -5.92. The molecule has 9 rings (SSSR count). The first-order valence-corrected chi connectivity index (χ1v) is 15.0. The fraction of sp³-hybridized carbons (Fsp3) is 0.0638. The predicted octanol–water partition coefficient (Wildman–Crippen LogP) is 13.1. The molecule has 0 N–H and O–H groups in total. The summed E-state index contributed by atoms with van der Waals surface area (Å²) >= 11 is 0. The van der Waals surface area contributed by atoms with Crippen molar-refractivity contribution in [2.24, 2.45) is 0 Å². The third-order valence-electron chi connectivity index (χ3n) is 8.53. The molecule has 0 saturated carbocycles. The summed E-state index contributed by atoms with van der Waals surface area (Å²) < 4.78 is 190. The van der Waals surface area contributed by atoms with Crippen molar-refractivity contribution < 1.29 is 28.8 Å². The number of benzene rings is 8. The quantitative estimate of drug-likeness (QED) is 0.182. The van der Waals surface area contributed by atoms with Gasteiger partial charge in [0.25, 0.3) is 0 Å². The number of fused-ring (bicyclic) bond motifs is 3. The van der Waals surface area contributed by atoms with Gasteiger partial charge in [-0.15, -0.1) is 0 Å². The molecule has 1 aliphatic rings. The lowest BCUT2D eigenvalue weighted by Crippen LogP contribution is -2.24. The Balaban J connectivity index is 1.54. The highest BCUT2D eigenvalue weighted by molar-refractivity contribution is 6.10. The van der Waals surface area contributed by atoms with Gasteiger partial charge in [0.15, 0.2) is 0 Å². The van der Waals surface area contributed by atoms with E-state index in [0.717, 1.165) is 23.1 Å². The van der Waals surface area contributed by atoms with Crippen LogP contribution in [0.3, 0.4) is 0 Å². The van der Waals surface area contributed by atoms with Crippen molar-refractivity contribution in [2.45, 2.75) is 19.3 Å². The molecule has 0 spiro atoms. The van der Waals surface area contributed by atoms with Gasteiger partial charge in [0.05, 0.1) is 34.5 Å². The van der Waals surface area contributed by atoms with Gasteiger partial charge in [-0.25, -0.2) is 0 Å². The zero-order valence-corrected chi connectivity index (χ0v) is 25.6. The van der Waals surface area contributed by atoms with Gasteiger partial charge in [0.1, 0.15) is 0 Å². The Kier molecular flexibility index (Phi) is 3.25. The molecular weight excluding hydrogens is 579 g/mol. The third kappa shape index (κ3) is 4.54. The molecule has 0 bridgehead atoms. The second-order valence-electron chi connectivity index (χ2n) is 11.7. The van der Waals surface area contributed by atoms with Gasteiger partial charge in [0.2, 0.25) is 0 Å². The molecule has 8 aromatic carbocycles. The van der Waals surface area contributed by atoms with Gasteiger partial charge in [-0.2, -0.15) is 0 Å².